The first-order chi connectivity index (χ1) is 7.75. The number of aliphatic imine (C=N–C) groups is 1. The number of hydrogen-bond acceptors (Lipinski definition) is 3. The van der Waals surface area contributed by atoms with Gasteiger partial charge in [-0.25, -0.2) is 0 Å². The second-order valence-corrected chi connectivity index (χ2v) is 5.92. The Hall–Kier alpha value is -0.730. The van der Waals surface area contributed by atoms with Gasteiger partial charge in [0, 0.05) is 6.04 Å². The normalized spacial score (nSPS) is 39.9. The molecule has 90 valence electrons. The third kappa shape index (κ3) is 1.80. The maximum atomic E-state index is 6.02. The van der Waals surface area contributed by atoms with E-state index in [4.69, 9.17) is 5.73 Å². The van der Waals surface area contributed by atoms with Crippen LogP contribution >= 0.6 is 0 Å². The minimum Gasteiger partial charge on any atom is -0.370 e. The third-order valence-corrected chi connectivity index (χ3v) is 4.61. The lowest BCUT2D eigenvalue weighted by Crippen LogP contribution is -2.46. The van der Waals surface area contributed by atoms with Gasteiger partial charge in [0.1, 0.15) is 0 Å². The van der Waals surface area contributed by atoms with Crippen molar-refractivity contribution < 1.29 is 0 Å². The third-order valence-electron chi connectivity index (χ3n) is 4.61. The van der Waals surface area contributed by atoms with E-state index >= 15 is 0 Å². The van der Waals surface area contributed by atoms with E-state index < -0.39 is 0 Å². The lowest BCUT2D eigenvalue weighted by atomic mass is 9.79. The minimum absolute atomic E-state index is 0.639. The first-order valence-electron chi connectivity index (χ1n) is 6.84. The number of nitrogens with two attached hydrogens (primary N) is 1. The Bertz CT molecular complexity index is 288. The molecule has 0 bridgehead atoms. The standard InChI is InChI=1S/C13H23N3/c1-9-2-4-10(5-3-9)12-8-15-13(14)16(12)11-6-7-11/h9-12H,2-8H2,1H3,(H2,14,15). The first kappa shape index (κ1) is 10.4. The van der Waals surface area contributed by atoms with Crippen LogP contribution in [0.2, 0.25) is 0 Å². The molecule has 3 rings (SSSR count). The average molecular weight is 221 g/mol. The van der Waals surface area contributed by atoms with Gasteiger partial charge in [-0.1, -0.05) is 19.8 Å². The minimum atomic E-state index is 0.639. The molecule has 2 saturated carbocycles. The molecule has 0 radical (unpaired) electrons. The van der Waals surface area contributed by atoms with Crippen LogP contribution in [-0.2, 0) is 0 Å². The molecule has 16 heavy (non-hydrogen) atoms. The van der Waals surface area contributed by atoms with Crippen molar-refractivity contribution in [1.82, 2.24) is 4.90 Å². The van der Waals surface area contributed by atoms with Crippen LogP contribution in [0.5, 0.6) is 0 Å². The molecule has 2 aliphatic carbocycles. The quantitative estimate of drug-likeness (QED) is 0.774. The summed E-state index contributed by atoms with van der Waals surface area (Å²) in [5.41, 5.74) is 6.02. The second kappa shape index (κ2) is 3.94. The predicted molar refractivity (Wildman–Crippen MR) is 66.3 cm³/mol. The van der Waals surface area contributed by atoms with Crippen molar-refractivity contribution in [2.24, 2.45) is 22.6 Å². The highest BCUT2D eigenvalue weighted by atomic mass is 15.4. The molecule has 0 aromatic rings. The average Bonchev–Trinajstić information content (AvgIpc) is 3.04. The van der Waals surface area contributed by atoms with Crippen molar-refractivity contribution in [3.8, 4) is 0 Å². The molecule has 0 spiro atoms. The first-order valence-corrected chi connectivity index (χ1v) is 6.84. The van der Waals surface area contributed by atoms with Crippen LogP contribution in [0.25, 0.3) is 0 Å². The zero-order valence-corrected chi connectivity index (χ0v) is 10.2. The number of guanidine groups is 1. The Labute approximate surface area is 98.1 Å². The Morgan fingerprint density at radius 2 is 1.81 bits per heavy atom. The van der Waals surface area contributed by atoms with Crippen molar-refractivity contribution >= 4 is 5.96 Å². The van der Waals surface area contributed by atoms with Gasteiger partial charge in [-0.15, -0.1) is 0 Å². The van der Waals surface area contributed by atoms with Gasteiger partial charge in [0.25, 0.3) is 0 Å². The highest BCUT2D eigenvalue weighted by molar-refractivity contribution is 5.80. The zero-order chi connectivity index (χ0) is 11.1. The summed E-state index contributed by atoms with van der Waals surface area (Å²) in [7, 11) is 0. The molecule has 0 aromatic heterocycles. The van der Waals surface area contributed by atoms with Crippen LogP contribution < -0.4 is 5.73 Å². The van der Waals surface area contributed by atoms with Crippen LogP contribution in [0.3, 0.4) is 0 Å². The van der Waals surface area contributed by atoms with Gasteiger partial charge in [0.05, 0.1) is 12.6 Å². The smallest absolute Gasteiger partial charge is 0.191 e. The van der Waals surface area contributed by atoms with E-state index in [2.05, 4.69) is 16.8 Å². The monoisotopic (exact) mass is 221 g/mol. The topological polar surface area (TPSA) is 41.6 Å². The van der Waals surface area contributed by atoms with Gasteiger partial charge in [0.15, 0.2) is 5.96 Å². The lowest BCUT2D eigenvalue weighted by molar-refractivity contribution is 0.175. The molecule has 3 heteroatoms. The van der Waals surface area contributed by atoms with Gasteiger partial charge in [-0.05, 0) is 37.5 Å². The predicted octanol–water partition coefficient (Wildman–Crippen LogP) is 1.97. The molecular formula is C13H23N3. The fourth-order valence-electron chi connectivity index (χ4n) is 3.38. The maximum Gasteiger partial charge on any atom is 0.191 e. The molecule has 1 aliphatic heterocycles. The van der Waals surface area contributed by atoms with Gasteiger partial charge >= 0.3 is 0 Å². The van der Waals surface area contributed by atoms with Crippen LogP contribution in [0.1, 0.15) is 45.4 Å². The van der Waals surface area contributed by atoms with E-state index in [9.17, 15) is 0 Å². The Balaban J connectivity index is 1.66. The summed E-state index contributed by atoms with van der Waals surface area (Å²) in [6.07, 6.45) is 8.24. The summed E-state index contributed by atoms with van der Waals surface area (Å²) < 4.78 is 0. The van der Waals surface area contributed by atoms with E-state index in [1.54, 1.807) is 0 Å². The van der Waals surface area contributed by atoms with Gasteiger partial charge in [0.2, 0.25) is 0 Å². The van der Waals surface area contributed by atoms with E-state index in [0.717, 1.165) is 30.4 Å². The summed E-state index contributed by atoms with van der Waals surface area (Å²) in [5.74, 6) is 2.61. The summed E-state index contributed by atoms with van der Waals surface area (Å²) in [5, 5.41) is 0. The van der Waals surface area contributed by atoms with E-state index in [-0.39, 0.29) is 0 Å². The van der Waals surface area contributed by atoms with Crippen LogP contribution in [0.15, 0.2) is 4.99 Å². The van der Waals surface area contributed by atoms with Gasteiger partial charge in [-0.2, -0.15) is 0 Å². The Morgan fingerprint density at radius 1 is 1.12 bits per heavy atom. The van der Waals surface area contributed by atoms with Gasteiger partial charge < -0.3 is 10.6 Å². The van der Waals surface area contributed by atoms with Crippen molar-refractivity contribution in [2.45, 2.75) is 57.5 Å². The number of nitrogens with zero attached hydrogens (tertiary/aromatic N) is 2. The van der Waals surface area contributed by atoms with Crippen molar-refractivity contribution in [3.05, 3.63) is 0 Å². The van der Waals surface area contributed by atoms with E-state index in [1.165, 1.54) is 38.5 Å². The highest BCUT2D eigenvalue weighted by Gasteiger charge is 2.41. The molecular weight excluding hydrogens is 198 g/mol. The Kier molecular flexibility index (Phi) is 2.56. The molecule has 2 N–H and O–H groups in total. The maximum absolute atomic E-state index is 6.02. The van der Waals surface area contributed by atoms with E-state index in [0.29, 0.717) is 6.04 Å². The molecule has 3 aliphatic rings. The van der Waals surface area contributed by atoms with Crippen molar-refractivity contribution in [1.29, 1.82) is 0 Å². The lowest BCUT2D eigenvalue weighted by Gasteiger charge is -2.36. The SMILES string of the molecule is CC1CCC(C2CN=C(N)N2C2CC2)CC1. The summed E-state index contributed by atoms with van der Waals surface area (Å²) in [4.78, 5) is 6.92. The molecule has 0 saturated heterocycles. The zero-order valence-electron chi connectivity index (χ0n) is 10.2. The molecule has 1 atom stereocenters. The van der Waals surface area contributed by atoms with E-state index in [1.807, 2.05) is 0 Å². The molecule has 1 heterocycles. The molecule has 3 nitrogen and oxygen atoms in total. The molecule has 0 amide bonds. The van der Waals surface area contributed by atoms with Gasteiger partial charge in [-0.3, -0.25) is 4.99 Å². The fourth-order valence-corrected chi connectivity index (χ4v) is 3.38. The molecule has 0 aromatic carbocycles. The molecule has 2 fully saturated rings. The second-order valence-electron chi connectivity index (χ2n) is 5.92. The largest absolute Gasteiger partial charge is 0.370 e. The summed E-state index contributed by atoms with van der Waals surface area (Å²) in [6.45, 7) is 3.34. The molecule has 1 unspecified atom stereocenters. The Morgan fingerprint density at radius 3 is 2.44 bits per heavy atom. The van der Waals surface area contributed by atoms with Crippen molar-refractivity contribution in [3.63, 3.8) is 0 Å². The van der Waals surface area contributed by atoms with Crippen LogP contribution in [0, 0.1) is 11.8 Å². The van der Waals surface area contributed by atoms with Crippen molar-refractivity contribution in [2.75, 3.05) is 6.54 Å². The summed E-state index contributed by atoms with van der Waals surface area (Å²) in [6, 6.07) is 1.37. The van der Waals surface area contributed by atoms with Crippen LogP contribution in [-0.4, -0.2) is 29.5 Å². The van der Waals surface area contributed by atoms with Crippen LogP contribution in [0.4, 0.5) is 0 Å². The summed E-state index contributed by atoms with van der Waals surface area (Å²) >= 11 is 0. The number of hydrogen-bond donors (Lipinski definition) is 1. The number of rotatable bonds is 2. The highest BCUT2D eigenvalue weighted by Crippen LogP contribution is 2.38. The fraction of sp³-hybridized carbons (Fsp3) is 0.923.